The van der Waals surface area contributed by atoms with E-state index in [2.05, 4.69) is 0 Å². The Hall–Kier alpha value is -1.30. The van der Waals surface area contributed by atoms with E-state index in [9.17, 15) is 9.59 Å². The summed E-state index contributed by atoms with van der Waals surface area (Å²) < 4.78 is 0. The van der Waals surface area contributed by atoms with E-state index < -0.39 is 18.0 Å². The van der Waals surface area contributed by atoms with E-state index in [1.807, 2.05) is 0 Å². The predicted octanol–water partition coefficient (Wildman–Crippen LogP) is 1.78. The molecule has 1 rings (SSSR count). The van der Waals surface area contributed by atoms with Crippen LogP contribution in [0.2, 0.25) is 10.0 Å². The third-order valence-corrected chi connectivity index (χ3v) is 2.43. The summed E-state index contributed by atoms with van der Waals surface area (Å²) in [6.45, 7) is 0. The minimum atomic E-state index is -1.50. The van der Waals surface area contributed by atoms with Crippen molar-refractivity contribution in [1.82, 2.24) is 0 Å². The van der Waals surface area contributed by atoms with Crippen molar-refractivity contribution in [2.45, 2.75) is 6.04 Å². The second kappa shape index (κ2) is 4.69. The Morgan fingerprint density at radius 1 is 1.25 bits per heavy atom. The Bertz CT molecular complexity index is 461. The second-order valence-corrected chi connectivity index (χ2v) is 3.81. The van der Waals surface area contributed by atoms with E-state index in [4.69, 9.17) is 39.1 Å². The smallest absolute Gasteiger partial charge is 0.336 e. The summed E-state index contributed by atoms with van der Waals surface area (Å²) >= 11 is 11.3. The molecule has 0 aliphatic rings. The number of rotatable bonds is 3. The highest BCUT2D eigenvalue weighted by Gasteiger charge is 2.24. The van der Waals surface area contributed by atoms with E-state index in [-0.39, 0.29) is 21.2 Å². The van der Waals surface area contributed by atoms with Gasteiger partial charge in [-0.15, -0.1) is 0 Å². The normalized spacial score (nSPS) is 12.2. The average Bonchev–Trinajstić information content (AvgIpc) is 2.15. The van der Waals surface area contributed by atoms with Gasteiger partial charge in [0.15, 0.2) is 0 Å². The van der Waals surface area contributed by atoms with Crippen molar-refractivity contribution in [2.24, 2.45) is 5.73 Å². The maximum atomic E-state index is 10.9. The number of carboxylic acids is 2. The van der Waals surface area contributed by atoms with Crippen LogP contribution in [-0.4, -0.2) is 22.2 Å². The van der Waals surface area contributed by atoms with Crippen LogP contribution in [0.4, 0.5) is 0 Å². The van der Waals surface area contributed by atoms with Gasteiger partial charge in [-0.25, -0.2) is 4.79 Å². The van der Waals surface area contributed by atoms with Crippen LogP contribution in [0.3, 0.4) is 0 Å². The van der Waals surface area contributed by atoms with Crippen molar-refractivity contribution < 1.29 is 19.8 Å². The number of halogens is 2. The molecule has 0 aromatic heterocycles. The van der Waals surface area contributed by atoms with Crippen LogP contribution in [0.5, 0.6) is 0 Å². The van der Waals surface area contributed by atoms with Crippen molar-refractivity contribution in [3.8, 4) is 0 Å². The highest BCUT2D eigenvalue weighted by atomic mass is 35.5. The Morgan fingerprint density at radius 3 is 2.25 bits per heavy atom. The third-order valence-electron chi connectivity index (χ3n) is 1.90. The number of hydrogen-bond acceptors (Lipinski definition) is 3. The van der Waals surface area contributed by atoms with Crippen molar-refractivity contribution in [3.05, 3.63) is 33.3 Å². The molecule has 86 valence electrons. The van der Waals surface area contributed by atoms with Gasteiger partial charge < -0.3 is 15.9 Å². The quantitative estimate of drug-likeness (QED) is 0.772. The Kier molecular flexibility index (Phi) is 3.74. The van der Waals surface area contributed by atoms with Crippen LogP contribution in [0.1, 0.15) is 22.0 Å². The monoisotopic (exact) mass is 263 g/mol. The van der Waals surface area contributed by atoms with Crippen LogP contribution in [0.15, 0.2) is 12.1 Å². The van der Waals surface area contributed by atoms with Crippen molar-refractivity contribution in [2.75, 3.05) is 0 Å². The first-order chi connectivity index (χ1) is 7.34. The average molecular weight is 264 g/mol. The van der Waals surface area contributed by atoms with Gasteiger partial charge in [0.25, 0.3) is 0 Å². The molecule has 0 heterocycles. The van der Waals surface area contributed by atoms with Gasteiger partial charge in [-0.2, -0.15) is 0 Å². The molecule has 0 saturated carbocycles. The summed E-state index contributed by atoms with van der Waals surface area (Å²) in [4.78, 5) is 21.6. The first-order valence-corrected chi connectivity index (χ1v) is 4.80. The van der Waals surface area contributed by atoms with E-state index in [1.165, 1.54) is 6.07 Å². The molecule has 1 atom stereocenters. The van der Waals surface area contributed by atoms with Gasteiger partial charge in [0, 0.05) is 15.6 Å². The Labute approximate surface area is 100 Å². The fourth-order valence-electron chi connectivity index (χ4n) is 1.20. The lowest BCUT2D eigenvalue weighted by molar-refractivity contribution is -0.138. The zero-order valence-corrected chi connectivity index (χ0v) is 9.29. The standard InChI is InChI=1S/C9H7Cl2NO4/c10-3-1-4(8(13)14)6(5(11)2-3)7(12)9(15)16/h1-2,7H,12H2,(H,13,14)(H,15,16). The fourth-order valence-corrected chi connectivity index (χ4v) is 1.81. The van der Waals surface area contributed by atoms with E-state index in [1.54, 1.807) is 0 Å². The summed E-state index contributed by atoms with van der Waals surface area (Å²) in [7, 11) is 0. The van der Waals surface area contributed by atoms with Gasteiger partial charge in [-0.05, 0) is 12.1 Å². The van der Waals surface area contributed by atoms with E-state index >= 15 is 0 Å². The summed E-state index contributed by atoms with van der Waals surface area (Å²) in [5, 5.41) is 17.6. The zero-order valence-electron chi connectivity index (χ0n) is 7.78. The van der Waals surface area contributed by atoms with Crippen molar-refractivity contribution in [1.29, 1.82) is 0 Å². The molecule has 1 aromatic carbocycles. The molecule has 16 heavy (non-hydrogen) atoms. The molecule has 4 N–H and O–H groups in total. The number of benzene rings is 1. The number of hydrogen-bond donors (Lipinski definition) is 3. The van der Waals surface area contributed by atoms with Crippen LogP contribution in [0, 0.1) is 0 Å². The summed E-state index contributed by atoms with van der Waals surface area (Å²) in [5.41, 5.74) is 4.86. The molecule has 1 unspecified atom stereocenters. The van der Waals surface area contributed by atoms with Gasteiger partial charge in [0.2, 0.25) is 0 Å². The van der Waals surface area contributed by atoms with Gasteiger partial charge in [-0.1, -0.05) is 23.2 Å². The lowest BCUT2D eigenvalue weighted by atomic mass is 10.0. The van der Waals surface area contributed by atoms with Crippen LogP contribution in [-0.2, 0) is 4.79 Å². The summed E-state index contributed by atoms with van der Waals surface area (Å²) in [5.74, 6) is -2.71. The van der Waals surface area contributed by atoms with Crippen molar-refractivity contribution in [3.63, 3.8) is 0 Å². The Balaban J connectivity index is 3.46. The van der Waals surface area contributed by atoms with Crippen LogP contribution >= 0.6 is 23.2 Å². The largest absolute Gasteiger partial charge is 0.480 e. The van der Waals surface area contributed by atoms with Crippen molar-refractivity contribution >= 4 is 35.1 Å². The number of aromatic carboxylic acids is 1. The molecule has 0 amide bonds. The summed E-state index contributed by atoms with van der Waals surface area (Å²) in [6.07, 6.45) is 0. The lowest BCUT2D eigenvalue weighted by Gasteiger charge is -2.12. The first-order valence-electron chi connectivity index (χ1n) is 4.05. The fraction of sp³-hybridized carbons (Fsp3) is 0.111. The zero-order chi connectivity index (χ0) is 12.5. The molecule has 7 heteroatoms. The molecule has 0 radical (unpaired) electrons. The van der Waals surface area contributed by atoms with Gasteiger partial charge >= 0.3 is 11.9 Å². The topological polar surface area (TPSA) is 101 Å². The molecule has 0 aliphatic heterocycles. The highest BCUT2D eigenvalue weighted by molar-refractivity contribution is 6.36. The number of carboxylic acid groups (broad SMARTS) is 2. The number of nitrogens with two attached hydrogens (primary N) is 1. The summed E-state index contributed by atoms with van der Waals surface area (Å²) in [6, 6.07) is 0.845. The molecule has 0 saturated heterocycles. The number of aliphatic carboxylic acids is 1. The minimum Gasteiger partial charge on any atom is -0.480 e. The SMILES string of the molecule is NC(C(=O)O)c1c(Cl)cc(Cl)cc1C(=O)O. The van der Waals surface area contributed by atoms with Gasteiger partial charge in [0.05, 0.1) is 5.56 Å². The molecular weight excluding hydrogens is 257 g/mol. The Morgan fingerprint density at radius 2 is 1.81 bits per heavy atom. The maximum Gasteiger partial charge on any atom is 0.336 e. The van der Waals surface area contributed by atoms with Crippen LogP contribution in [0.25, 0.3) is 0 Å². The molecule has 0 spiro atoms. The molecule has 1 aromatic rings. The second-order valence-electron chi connectivity index (χ2n) is 2.97. The predicted molar refractivity (Wildman–Crippen MR) is 58.0 cm³/mol. The molecule has 0 aliphatic carbocycles. The molecule has 0 fully saturated rings. The maximum absolute atomic E-state index is 10.9. The first kappa shape index (κ1) is 12.8. The third kappa shape index (κ3) is 2.44. The minimum absolute atomic E-state index is 0.0835. The molecule has 0 bridgehead atoms. The van der Waals surface area contributed by atoms with E-state index in [0.717, 1.165) is 6.07 Å². The van der Waals surface area contributed by atoms with Gasteiger partial charge in [-0.3, -0.25) is 4.79 Å². The van der Waals surface area contributed by atoms with Crippen LogP contribution < -0.4 is 5.73 Å². The lowest BCUT2D eigenvalue weighted by Crippen LogP contribution is -2.23. The molecular formula is C9H7Cl2NO4. The van der Waals surface area contributed by atoms with E-state index in [0.29, 0.717) is 0 Å². The van der Waals surface area contributed by atoms with Gasteiger partial charge in [0.1, 0.15) is 6.04 Å². The highest BCUT2D eigenvalue weighted by Crippen LogP contribution is 2.29. The molecule has 5 nitrogen and oxygen atoms in total. The number of carbonyl (C=O) groups is 2.